The third-order valence-electron chi connectivity index (χ3n) is 7.34. The predicted molar refractivity (Wildman–Crippen MR) is 136 cm³/mol. The molecule has 0 amide bonds. The van der Waals surface area contributed by atoms with Crippen molar-refractivity contribution in [2.24, 2.45) is 0 Å². The van der Waals surface area contributed by atoms with Crippen molar-refractivity contribution >= 4 is 26.7 Å². The van der Waals surface area contributed by atoms with Crippen LogP contribution in [-0.2, 0) is 9.84 Å². The van der Waals surface area contributed by atoms with Crippen LogP contribution in [0.15, 0.2) is 24.5 Å². The van der Waals surface area contributed by atoms with Gasteiger partial charge in [-0.15, -0.1) is 0 Å². The molecule has 0 bridgehead atoms. The van der Waals surface area contributed by atoms with Gasteiger partial charge in [0.15, 0.2) is 11.5 Å². The van der Waals surface area contributed by atoms with Crippen molar-refractivity contribution in [2.75, 3.05) is 38.5 Å². The number of sulfone groups is 1. The van der Waals surface area contributed by atoms with E-state index < -0.39 is 9.84 Å². The summed E-state index contributed by atoms with van der Waals surface area (Å²) in [5.74, 6) is 1.81. The molecule has 0 unspecified atom stereocenters. The van der Waals surface area contributed by atoms with Gasteiger partial charge in [-0.05, 0) is 31.7 Å². The van der Waals surface area contributed by atoms with Crippen LogP contribution in [0.1, 0.15) is 51.0 Å². The summed E-state index contributed by atoms with van der Waals surface area (Å²) in [5.41, 5.74) is 2.47. The van der Waals surface area contributed by atoms with Gasteiger partial charge in [-0.25, -0.2) is 18.4 Å². The number of hydrogen-bond acceptors (Lipinski definition) is 8. The quantitative estimate of drug-likeness (QED) is 0.501. The van der Waals surface area contributed by atoms with E-state index in [2.05, 4.69) is 15.8 Å². The number of rotatable bonds is 6. The second kappa shape index (κ2) is 9.64. The molecule has 1 aliphatic carbocycles. The van der Waals surface area contributed by atoms with Gasteiger partial charge in [0.2, 0.25) is 5.95 Å². The Balaban J connectivity index is 1.57. The maximum absolute atomic E-state index is 12.0. The number of anilines is 1. The summed E-state index contributed by atoms with van der Waals surface area (Å²) in [6.07, 6.45) is 12.5. The lowest BCUT2D eigenvalue weighted by Crippen LogP contribution is -2.39. The fourth-order valence-electron chi connectivity index (χ4n) is 5.29. The molecule has 0 atom stereocenters. The van der Waals surface area contributed by atoms with Crippen LogP contribution in [0.25, 0.3) is 22.2 Å². The van der Waals surface area contributed by atoms with E-state index in [4.69, 9.17) is 24.5 Å². The lowest BCUT2D eigenvalue weighted by molar-refractivity contribution is 0.329. The molecule has 1 saturated carbocycles. The summed E-state index contributed by atoms with van der Waals surface area (Å²) in [5, 5.41) is 5.25. The molecule has 5 rings (SSSR count). The van der Waals surface area contributed by atoms with Crippen LogP contribution in [0.3, 0.4) is 0 Å². The molecule has 0 radical (unpaired) electrons. The molecule has 3 heterocycles. The minimum atomic E-state index is -3.05. The van der Waals surface area contributed by atoms with Crippen LogP contribution in [0.4, 0.5) is 5.95 Å². The minimum Gasteiger partial charge on any atom is -0.493 e. The summed E-state index contributed by atoms with van der Waals surface area (Å²) >= 11 is 0. The Morgan fingerprint density at radius 2 is 1.63 bits per heavy atom. The van der Waals surface area contributed by atoms with Crippen molar-refractivity contribution in [1.82, 2.24) is 19.7 Å². The van der Waals surface area contributed by atoms with Crippen molar-refractivity contribution in [2.45, 2.75) is 56.2 Å². The van der Waals surface area contributed by atoms with Crippen LogP contribution < -0.4 is 14.4 Å². The highest BCUT2D eigenvalue weighted by molar-refractivity contribution is 7.91. The van der Waals surface area contributed by atoms with E-state index in [1.54, 1.807) is 14.2 Å². The summed E-state index contributed by atoms with van der Waals surface area (Å²) in [7, 11) is 0.174. The van der Waals surface area contributed by atoms with E-state index >= 15 is 0 Å². The maximum Gasteiger partial charge on any atom is 0.226 e. The first-order valence-electron chi connectivity index (χ1n) is 12.3. The third-order valence-corrected chi connectivity index (χ3v) is 9.03. The molecule has 0 N–H and O–H groups in total. The van der Waals surface area contributed by atoms with E-state index in [1.807, 2.05) is 18.3 Å². The number of fused-ring (bicyclic) bond motifs is 1. The van der Waals surface area contributed by atoms with Crippen molar-refractivity contribution in [3.8, 4) is 22.8 Å². The van der Waals surface area contributed by atoms with E-state index in [0.717, 1.165) is 35.0 Å². The Bertz CT molecular complexity index is 1310. The number of ether oxygens (including phenoxy) is 2. The summed E-state index contributed by atoms with van der Waals surface area (Å²) in [6, 6.07) is 4.22. The Morgan fingerprint density at radius 3 is 2.29 bits per heavy atom. The molecule has 2 aliphatic rings. The first kappa shape index (κ1) is 23.8. The second-order valence-electron chi connectivity index (χ2n) is 9.61. The summed E-state index contributed by atoms with van der Waals surface area (Å²) < 4.78 is 37.2. The van der Waals surface area contributed by atoms with Gasteiger partial charge in [0, 0.05) is 42.6 Å². The Labute approximate surface area is 206 Å². The van der Waals surface area contributed by atoms with E-state index in [1.165, 1.54) is 25.5 Å². The summed E-state index contributed by atoms with van der Waals surface area (Å²) in [4.78, 5) is 11.9. The van der Waals surface area contributed by atoms with E-state index in [0.29, 0.717) is 49.4 Å². The number of nitrogens with zero attached hydrogens (tertiary/aromatic N) is 5. The average Bonchev–Trinajstić information content (AvgIpc) is 3.37. The zero-order chi connectivity index (χ0) is 24.6. The lowest BCUT2D eigenvalue weighted by atomic mass is 9.96. The van der Waals surface area contributed by atoms with Crippen molar-refractivity contribution in [3.63, 3.8) is 0 Å². The molecule has 35 heavy (non-hydrogen) atoms. The average molecular weight is 500 g/mol. The van der Waals surface area contributed by atoms with Gasteiger partial charge >= 0.3 is 0 Å². The molecular formula is C25H33N5O4S. The van der Waals surface area contributed by atoms with Gasteiger partial charge in [-0.2, -0.15) is 5.10 Å². The zero-order valence-corrected chi connectivity index (χ0v) is 21.4. The van der Waals surface area contributed by atoms with Gasteiger partial charge in [-0.3, -0.25) is 4.68 Å². The summed E-state index contributed by atoms with van der Waals surface area (Å²) in [6.45, 7) is 1.19. The highest BCUT2D eigenvalue weighted by atomic mass is 32.2. The monoisotopic (exact) mass is 499 g/mol. The van der Waals surface area contributed by atoms with Crippen LogP contribution in [-0.4, -0.2) is 67.0 Å². The maximum atomic E-state index is 12.0. The first-order chi connectivity index (χ1) is 16.9. The molecule has 2 aromatic heterocycles. The van der Waals surface area contributed by atoms with Gasteiger partial charge < -0.3 is 14.4 Å². The van der Waals surface area contributed by atoms with Gasteiger partial charge in [-0.1, -0.05) is 19.3 Å². The van der Waals surface area contributed by atoms with Gasteiger partial charge in [0.25, 0.3) is 0 Å². The smallest absolute Gasteiger partial charge is 0.226 e. The standard InChI is InChI=1S/C25H33N5O4S/c1-33-22-13-20-21(14-23(22)34-2)27-25(29-11-9-19(10-12-29)35(3,31)32)28-24(20)17-15-26-30(16-17)18-7-5-4-6-8-18/h13-16,18-19H,4-12H2,1-3H3. The molecule has 3 aromatic rings. The first-order valence-corrected chi connectivity index (χ1v) is 14.2. The number of aromatic nitrogens is 4. The fourth-order valence-corrected chi connectivity index (χ4v) is 6.36. The Kier molecular flexibility index (Phi) is 6.57. The molecule has 1 saturated heterocycles. The molecule has 9 nitrogen and oxygen atoms in total. The highest BCUT2D eigenvalue weighted by Gasteiger charge is 2.28. The number of methoxy groups -OCH3 is 2. The Hall–Kier alpha value is -2.88. The molecule has 1 aliphatic heterocycles. The molecule has 188 valence electrons. The van der Waals surface area contributed by atoms with Crippen LogP contribution in [0, 0.1) is 0 Å². The molecule has 0 spiro atoms. The molecular weight excluding hydrogens is 466 g/mol. The Morgan fingerprint density at radius 1 is 0.943 bits per heavy atom. The number of piperidine rings is 1. The van der Waals surface area contributed by atoms with E-state index in [9.17, 15) is 8.42 Å². The van der Waals surface area contributed by atoms with Gasteiger partial charge in [0.1, 0.15) is 9.84 Å². The predicted octanol–water partition coefficient (Wildman–Crippen LogP) is 4.03. The van der Waals surface area contributed by atoms with Crippen molar-refractivity contribution in [3.05, 3.63) is 24.5 Å². The minimum absolute atomic E-state index is 0.309. The second-order valence-corrected chi connectivity index (χ2v) is 11.9. The topological polar surface area (TPSA) is 99.4 Å². The number of hydrogen-bond donors (Lipinski definition) is 0. The SMILES string of the molecule is COc1cc2nc(N3CCC(S(C)(=O)=O)CC3)nc(-c3cnn(C4CCCCC4)c3)c2cc1OC. The lowest BCUT2D eigenvalue weighted by Gasteiger charge is -2.31. The van der Waals surface area contributed by atoms with Gasteiger partial charge in [0.05, 0.1) is 42.9 Å². The number of benzene rings is 1. The fraction of sp³-hybridized carbons (Fsp3) is 0.560. The van der Waals surface area contributed by atoms with Crippen molar-refractivity contribution < 1.29 is 17.9 Å². The molecule has 2 fully saturated rings. The van der Waals surface area contributed by atoms with Crippen LogP contribution in [0.2, 0.25) is 0 Å². The zero-order valence-electron chi connectivity index (χ0n) is 20.6. The normalized spacial score (nSPS) is 18.2. The molecule has 1 aromatic carbocycles. The van der Waals surface area contributed by atoms with E-state index in [-0.39, 0.29) is 5.25 Å². The van der Waals surface area contributed by atoms with Crippen LogP contribution in [0.5, 0.6) is 11.5 Å². The van der Waals surface area contributed by atoms with Crippen LogP contribution >= 0.6 is 0 Å². The molecule has 10 heteroatoms. The largest absolute Gasteiger partial charge is 0.493 e. The third kappa shape index (κ3) is 4.80. The highest BCUT2D eigenvalue weighted by Crippen LogP contribution is 2.37. The van der Waals surface area contributed by atoms with Crippen molar-refractivity contribution in [1.29, 1.82) is 0 Å².